The van der Waals surface area contributed by atoms with Gasteiger partial charge in [0, 0.05) is 24.0 Å². The second-order valence-corrected chi connectivity index (χ2v) is 7.13. The van der Waals surface area contributed by atoms with Crippen molar-refractivity contribution < 1.29 is 14.4 Å². The van der Waals surface area contributed by atoms with E-state index >= 15 is 0 Å². The number of nitrogens with zero attached hydrogens (tertiary/aromatic N) is 2. The van der Waals surface area contributed by atoms with Crippen LogP contribution in [0.5, 0.6) is 0 Å². The fourth-order valence-electron chi connectivity index (χ4n) is 3.60. The summed E-state index contributed by atoms with van der Waals surface area (Å²) in [4.78, 5) is 45.6. The third-order valence-electron chi connectivity index (χ3n) is 5.04. The summed E-state index contributed by atoms with van der Waals surface area (Å²) < 4.78 is 0. The lowest BCUT2D eigenvalue weighted by Crippen LogP contribution is -2.49. The Labute approximate surface area is 168 Å². The molecule has 2 amide bonds. The fourth-order valence-corrected chi connectivity index (χ4v) is 3.60. The van der Waals surface area contributed by atoms with Crippen molar-refractivity contribution in [3.8, 4) is 0 Å². The molecular weight excluding hydrogens is 372 g/mol. The molecule has 1 aromatic carbocycles. The Bertz CT molecular complexity index is 885. The van der Waals surface area contributed by atoms with Gasteiger partial charge in [0.05, 0.1) is 6.04 Å². The first-order valence-electron chi connectivity index (χ1n) is 9.69. The highest BCUT2D eigenvalue weighted by Crippen LogP contribution is 2.22. The second-order valence-electron chi connectivity index (χ2n) is 7.13. The third-order valence-corrected chi connectivity index (χ3v) is 5.04. The lowest BCUT2D eigenvalue weighted by atomic mass is 10.1. The molecule has 1 aromatic heterocycles. The minimum Gasteiger partial charge on any atom is -0.370 e. The number of rotatable bonds is 8. The number of nitrogens with two attached hydrogens (primary N) is 2. The molecule has 0 radical (unpaired) electrons. The topological polar surface area (TPSA) is 147 Å². The van der Waals surface area contributed by atoms with Gasteiger partial charge in [0.2, 0.25) is 5.91 Å². The molecule has 0 unspecified atom stereocenters. The van der Waals surface area contributed by atoms with Gasteiger partial charge in [0.25, 0.3) is 5.91 Å². The van der Waals surface area contributed by atoms with Crippen LogP contribution >= 0.6 is 0 Å². The Hall–Kier alpha value is -3.36. The van der Waals surface area contributed by atoms with Gasteiger partial charge in [0.1, 0.15) is 18.0 Å². The Morgan fingerprint density at radius 2 is 2.14 bits per heavy atom. The van der Waals surface area contributed by atoms with E-state index in [-0.39, 0.29) is 17.8 Å². The normalized spacial score (nSPS) is 17.1. The number of hydrogen-bond acceptors (Lipinski definition) is 4. The van der Waals surface area contributed by atoms with E-state index in [1.165, 1.54) is 0 Å². The number of nitrogens with one attached hydrogen (secondary N) is 2. The zero-order valence-electron chi connectivity index (χ0n) is 16.1. The summed E-state index contributed by atoms with van der Waals surface area (Å²) in [5.74, 6) is -0.533. The maximum absolute atomic E-state index is 13.0. The Morgan fingerprint density at radius 3 is 2.86 bits per heavy atom. The molecule has 6 N–H and O–H groups in total. The maximum Gasteiger partial charge on any atom is 0.270 e. The summed E-state index contributed by atoms with van der Waals surface area (Å²) in [6.45, 7) is 0.888. The van der Waals surface area contributed by atoms with Crippen LogP contribution in [0, 0.1) is 0 Å². The second kappa shape index (κ2) is 9.22. The summed E-state index contributed by atoms with van der Waals surface area (Å²) in [5, 5.41) is 3.68. The van der Waals surface area contributed by atoms with Crippen LogP contribution in [0.1, 0.15) is 36.2 Å². The van der Waals surface area contributed by atoms with E-state index in [2.05, 4.69) is 15.3 Å². The molecule has 2 heterocycles. The van der Waals surface area contributed by atoms with Gasteiger partial charge < -0.3 is 31.5 Å². The van der Waals surface area contributed by atoms with Gasteiger partial charge in [-0.1, -0.05) is 18.2 Å². The van der Waals surface area contributed by atoms with Crippen molar-refractivity contribution in [2.75, 3.05) is 13.1 Å². The monoisotopic (exact) mass is 398 g/mol. The van der Waals surface area contributed by atoms with Crippen LogP contribution in [0.2, 0.25) is 0 Å². The molecule has 9 nitrogen and oxygen atoms in total. The van der Waals surface area contributed by atoms with E-state index in [4.69, 9.17) is 11.5 Å². The number of aliphatic imine (C=N–C) groups is 1. The Kier molecular flexibility index (Phi) is 6.48. The molecule has 1 aliphatic rings. The average molecular weight is 398 g/mol. The summed E-state index contributed by atoms with van der Waals surface area (Å²) in [5.41, 5.74) is 11.9. The standard InChI is InChI=1S/C20H26N6O3/c21-20(22)23-9-3-6-14(12-27)24-18(28)17-8-4-10-26(17)19(29)16-11-13-5-1-2-7-15(13)25-16/h1-2,5,7,11-12,14,17,25H,3-4,6,8-10H2,(H,24,28)(H4,21,22,23)/t14-,17-/m0/s1. The molecule has 0 spiro atoms. The van der Waals surface area contributed by atoms with Gasteiger partial charge in [-0.2, -0.15) is 0 Å². The largest absolute Gasteiger partial charge is 0.370 e. The SMILES string of the molecule is NC(N)=NCCC[C@@H](C=O)NC(=O)[C@@H]1CCCN1C(=O)c1cc2ccccc2[nH]1. The summed E-state index contributed by atoms with van der Waals surface area (Å²) in [6.07, 6.45) is 2.99. The van der Waals surface area contributed by atoms with Crippen LogP contribution in [0.15, 0.2) is 35.3 Å². The number of aromatic amines is 1. The number of amides is 2. The van der Waals surface area contributed by atoms with Gasteiger partial charge in [0.15, 0.2) is 5.96 Å². The highest BCUT2D eigenvalue weighted by molar-refractivity contribution is 6.00. The first-order chi connectivity index (χ1) is 14.0. The molecule has 2 atom stereocenters. The Morgan fingerprint density at radius 1 is 1.34 bits per heavy atom. The quantitative estimate of drug-likeness (QED) is 0.221. The number of guanidine groups is 1. The zero-order chi connectivity index (χ0) is 20.8. The zero-order valence-corrected chi connectivity index (χ0v) is 16.1. The van der Waals surface area contributed by atoms with Gasteiger partial charge in [-0.05, 0) is 37.8 Å². The molecule has 0 aliphatic carbocycles. The van der Waals surface area contributed by atoms with Crippen molar-refractivity contribution in [2.24, 2.45) is 16.5 Å². The van der Waals surface area contributed by atoms with Crippen LogP contribution in [0.4, 0.5) is 0 Å². The van der Waals surface area contributed by atoms with E-state index in [9.17, 15) is 14.4 Å². The van der Waals surface area contributed by atoms with Crippen LogP contribution in [-0.4, -0.2) is 59.1 Å². The Balaban J connectivity index is 1.62. The minimum atomic E-state index is -0.637. The summed E-state index contributed by atoms with van der Waals surface area (Å²) in [6, 6.07) is 8.19. The highest BCUT2D eigenvalue weighted by Gasteiger charge is 2.35. The third kappa shape index (κ3) is 4.92. The molecule has 9 heteroatoms. The highest BCUT2D eigenvalue weighted by atomic mass is 16.2. The summed E-state index contributed by atoms with van der Waals surface area (Å²) >= 11 is 0. The first kappa shape index (κ1) is 20.4. The number of aldehydes is 1. The molecule has 154 valence electrons. The van der Waals surface area contributed by atoms with Gasteiger partial charge in [-0.3, -0.25) is 14.6 Å². The molecule has 1 aliphatic heterocycles. The van der Waals surface area contributed by atoms with Crippen molar-refractivity contribution in [2.45, 2.75) is 37.8 Å². The van der Waals surface area contributed by atoms with Crippen LogP contribution < -0.4 is 16.8 Å². The van der Waals surface area contributed by atoms with E-state index in [0.29, 0.717) is 44.3 Å². The van der Waals surface area contributed by atoms with Crippen molar-refractivity contribution in [1.82, 2.24) is 15.2 Å². The molecule has 0 bridgehead atoms. The average Bonchev–Trinajstić information content (AvgIpc) is 3.36. The number of carbonyl (C=O) groups excluding carboxylic acids is 3. The van der Waals surface area contributed by atoms with Crippen LogP contribution in [-0.2, 0) is 9.59 Å². The molecule has 1 saturated heterocycles. The molecule has 1 fully saturated rings. The van der Waals surface area contributed by atoms with Crippen molar-refractivity contribution in [3.05, 3.63) is 36.0 Å². The van der Waals surface area contributed by atoms with E-state index in [1.54, 1.807) is 11.0 Å². The lowest BCUT2D eigenvalue weighted by Gasteiger charge is -2.24. The molecule has 29 heavy (non-hydrogen) atoms. The predicted octanol–water partition coefficient (Wildman–Crippen LogP) is 0.510. The first-order valence-corrected chi connectivity index (χ1v) is 9.69. The smallest absolute Gasteiger partial charge is 0.270 e. The summed E-state index contributed by atoms with van der Waals surface area (Å²) in [7, 11) is 0. The molecular formula is C20H26N6O3. The van der Waals surface area contributed by atoms with E-state index in [1.807, 2.05) is 24.3 Å². The van der Waals surface area contributed by atoms with Crippen molar-refractivity contribution in [1.29, 1.82) is 0 Å². The van der Waals surface area contributed by atoms with Gasteiger partial charge >= 0.3 is 0 Å². The number of hydrogen-bond donors (Lipinski definition) is 4. The number of fused-ring (bicyclic) bond motifs is 1. The van der Waals surface area contributed by atoms with Crippen LogP contribution in [0.3, 0.4) is 0 Å². The van der Waals surface area contributed by atoms with Gasteiger partial charge in [-0.15, -0.1) is 0 Å². The lowest BCUT2D eigenvalue weighted by molar-refractivity contribution is -0.127. The van der Waals surface area contributed by atoms with E-state index in [0.717, 1.165) is 17.3 Å². The van der Waals surface area contributed by atoms with Crippen LogP contribution in [0.25, 0.3) is 10.9 Å². The fraction of sp³-hybridized carbons (Fsp3) is 0.400. The molecule has 2 aromatic rings. The number of H-pyrrole nitrogens is 1. The minimum absolute atomic E-state index is 0.00576. The van der Waals surface area contributed by atoms with Crippen molar-refractivity contribution in [3.63, 3.8) is 0 Å². The predicted molar refractivity (Wildman–Crippen MR) is 110 cm³/mol. The number of para-hydroxylation sites is 1. The van der Waals surface area contributed by atoms with E-state index < -0.39 is 12.1 Å². The number of carbonyl (C=O) groups is 3. The molecule has 3 rings (SSSR count). The number of aromatic nitrogens is 1. The maximum atomic E-state index is 13.0. The number of benzene rings is 1. The van der Waals surface area contributed by atoms with Gasteiger partial charge in [-0.25, -0.2) is 0 Å². The van der Waals surface area contributed by atoms with Crippen molar-refractivity contribution >= 4 is 35.0 Å². The molecule has 0 saturated carbocycles. The number of likely N-dealkylation sites (tertiary alicyclic amines) is 1.